The van der Waals surface area contributed by atoms with E-state index in [0.29, 0.717) is 17.3 Å². The van der Waals surface area contributed by atoms with E-state index in [1.807, 2.05) is 20.8 Å². The number of carbonyl (C=O) groups is 1. The Bertz CT molecular complexity index is 360. The zero-order chi connectivity index (χ0) is 12.7. The maximum Gasteiger partial charge on any atom is 0.159 e. The lowest BCUT2D eigenvalue weighted by Gasteiger charge is -2.00. The maximum absolute atomic E-state index is 11.2. The molecule has 0 aromatic carbocycles. The number of nitrogens with zero attached hydrogens (tertiary/aromatic N) is 2. The fourth-order valence-electron chi connectivity index (χ4n) is 0.775. The van der Waals surface area contributed by atoms with Gasteiger partial charge in [0.2, 0.25) is 0 Å². The van der Waals surface area contributed by atoms with E-state index in [2.05, 4.69) is 16.6 Å². The van der Waals surface area contributed by atoms with Gasteiger partial charge in [-0.25, -0.2) is 9.98 Å². The van der Waals surface area contributed by atoms with Crippen molar-refractivity contribution in [1.29, 1.82) is 0 Å². The van der Waals surface area contributed by atoms with Crippen LogP contribution in [0.5, 0.6) is 0 Å². The molecule has 0 amide bonds. The van der Waals surface area contributed by atoms with E-state index in [9.17, 15) is 4.79 Å². The SMILES string of the molecule is C=C(C)C=N/C(N=CC(C)C)=C(/C)C(C)=O. The molecule has 16 heavy (non-hydrogen) atoms. The molecule has 0 saturated heterocycles. The lowest BCUT2D eigenvalue weighted by atomic mass is 10.2. The number of hydrogen-bond donors (Lipinski definition) is 0. The first kappa shape index (κ1) is 14.5. The third kappa shape index (κ3) is 6.06. The van der Waals surface area contributed by atoms with Crippen LogP contribution in [0.25, 0.3) is 0 Å². The summed E-state index contributed by atoms with van der Waals surface area (Å²) in [4.78, 5) is 19.6. The highest BCUT2D eigenvalue weighted by Gasteiger charge is 2.03. The molecule has 0 N–H and O–H groups in total. The molecule has 0 aliphatic rings. The van der Waals surface area contributed by atoms with E-state index >= 15 is 0 Å². The Morgan fingerprint density at radius 1 is 1.19 bits per heavy atom. The monoisotopic (exact) mass is 220 g/mol. The first-order valence-corrected chi connectivity index (χ1v) is 5.30. The third-order valence-electron chi connectivity index (χ3n) is 1.77. The quantitative estimate of drug-likeness (QED) is 0.518. The fraction of sp³-hybridized carbons (Fsp3) is 0.462. The van der Waals surface area contributed by atoms with Crippen LogP contribution in [0, 0.1) is 5.92 Å². The summed E-state index contributed by atoms with van der Waals surface area (Å²) in [5.74, 6) is 0.772. The first-order valence-electron chi connectivity index (χ1n) is 5.30. The molecular formula is C13H20N2O. The number of rotatable bonds is 5. The van der Waals surface area contributed by atoms with Gasteiger partial charge in [0, 0.05) is 18.0 Å². The summed E-state index contributed by atoms with van der Waals surface area (Å²) < 4.78 is 0. The molecule has 0 aromatic heterocycles. The molecule has 88 valence electrons. The van der Waals surface area contributed by atoms with Gasteiger partial charge in [-0.2, -0.15) is 0 Å². The zero-order valence-electron chi connectivity index (χ0n) is 10.7. The molecule has 0 rings (SSSR count). The van der Waals surface area contributed by atoms with Gasteiger partial charge in [-0.3, -0.25) is 4.79 Å². The predicted molar refractivity (Wildman–Crippen MR) is 70.0 cm³/mol. The van der Waals surface area contributed by atoms with Crippen molar-refractivity contribution in [1.82, 2.24) is 0 Å². The molecule has 0 bridgehead atoms. The minimum atomic E-state index is -0.0187. The Kier molecular flexibility index (Phi) is 6.23. The van der Waals surface area contributed by atoms with Crippen molar-refractivity contribution in [3.05, 3.63) is 23.5 Å². The normalized spacial score (nSPS) is 13.6. The Labute approximate surface area is 97.7 Å². The van der Waals surface area contributed by atoms with Crippen LogP contribution in [-0.2, 0) is 4.79 Å². The molecule has 0 aliphatic carbocycles. The van der Waals surface area contributed by atoms with Crippen molar-refractivity contribution in [2.45, 2.75) is 34.6 Å². The molecule has 0 aromatic rings. The summed E-state index contributed by atoms with van der Waals surface area (Å²) in [7, 11) is 0. The molecule has 0 heterocycles. The van der Waals surface area contributed by atoms with Gasteiger partial charge in [-0.05, 0) is 32.3 Å². The number of aliphatic imine (C=N–C) groups is 2. The second kappa shape index (κ2) is 6.88. The summed E-state index contributed by atoms with van der Waals surface area (Å²) in [6.07, 6.45) is 3.39. The highest BCUT2D eigenvalue weighted by atomic mass is 16.1. The van der Waals surface area contributed by atoms with Crippen LogP contribution >= 0.6 is 0 Å². The van der Waals surface area contributed by atoms with Crippen molar-refractivity contribution in [3.63, 3.8) is 0 Å². The predicted octanol–water partition coefficient (Wildman–Crippen LogP) is 3.18. The van der Waals surface area contributed by atoms with Crippen LogP contribution in [0.15, 0.2) is 33.5 Å². The molecular weight excluding hydrogens is 200 g/mol. The summed E-state index contributed by atoms with van der Waals surface area (Å²) in [5, 5.41) is 0. The molecule has 0 radical (unpaired) electrons. The Hall–Kier alpha value is -1.51. The van der Waals surface area contributed by atoms with E-state index in [4.69, 9.17) is 0 Å². The van der Waals surface area contributed by atoms with E-state index in [0.717, 1.165) is 5.57 Å². The van der Waals surface area contributed by atoms with Crippen LogP contribution in [0.3, 0.4) is 0 Å². The lowest BCUT2D eigenvalue weighted by Crippen LogP contribution is -1.97. The van der Waals surface area contributed by atoms with Crippen molar-refractivity contribution < 1.29 is 4.79 Å². The molecule has 0 atom stereocenters. The maximum atomic E-state index is 11.2. The summed E-state index contributed by atoms with van der Waals surface area (Å²) in [6.45, 7) is 12.8. The topological polar surface area (TPSA) is 41.8 Å². The van der Waals surface area contributed by atoms with Gasteiger partial charge in [0.05, 0.1) is 0 Å². The van der Waals surface area contributed by atoms with Gasteiger partial charge in [-0.1, -0.05) is 20.4 Å². The first-order chi connectivity index (χ1) is 7.34. The highest BCUT2D eigenvalue weighted by Crippen LogP contribution is 2.09. The van der Waals surface area contributed by atoms with Crippen LogP contribution in [0.4, 0.5) is 0 Å². The number of hydrogen-bond acceptors (Lipinski definition) is 3. The number of carbonyl (C=O) groups excluding carboxylic acids is 1. The van der Waals surface area contributed by atoms with E-state index in [-0.39, 0.29) is 5.78 Å². The van der Waals surface area contributed by atoms with Gasteiger partial charge < -0.3 is 0 Å². The number of Topliss-reactive ketones (excluding diaryl/α,β-unsaturated/α-hetero) is 1. The van der Waals surface area contributed by atoms with Gasteiger partial charge in [0.15, 0.2) is 11.6 Å². The smallest absolute Gasteiger partial charge is 0.159 e. The molecule has 0 aliphatic heterocycles. The standard InChI is InChI=1S/C13H20N2O/c1-9(2)7-14-13(11(5)12(6)16)15-8-10(3)4/h7-8,10H,1H2,2-6H3/b13-11+,14-7?,15-8?. The Morgan fingerprint density at radius 3 is 2.12 bits per heavy atom. The summed E-state index contributed by atoms with van der Waals surface area (Å²) in [6, 6.07) is 0. The minimum Gasteiger partial charge on any atom is -0.295 e. The van der Waals surface area contributed by atoms with Gasteiger partial charge in [-0.15, -0.1) is 0 Å². The Morgan fingerprint density at radius 2 is 1.75 bits per heavy atom. The lowest BCUT2D eigenvalue weighted by molar-refractivity contribution is -0.113. The molecule has 3 heteroatoms. The summed E-state index contributed by atoms with van der Waals surface area (Å²) >= 11 is 0. The molecule has 0 unspecified atom stereocenters. The number of allylic oxidation sites excluding steroid dienone is 2. The van der Waals surface area contributed by atoms with Crippen LogP contribution in [-0.4, -0.2) is 18.2 Å². The molecule has 3 nitrogen and oxygen atoms in total. The largest absolute Gasteiger partial charge is 0.295 e. The van der Waals surface area contributed by atoms with E-state index < -0.39 is 0 Å². The molecule has 0 fully saturated rings. The minimum absolute atomic E-state index is 0.0187. The zero-order valence-corrected chi connectivity index (χ0v) is 10.7. The highest BCUT2D eigenvalue weighted by molar-refractivity contribution is 5.94. The van der Waals surface area contributed by atoms with Gasteiger partial charge in [0.25, 0.3) is 0 Å². The molecule has 0 spiro atoms. The van der Waals surface area contributed by atoms with Crippen molar-refractivity contribution in [3.8, 4) is 0 Å². The number of ketones is 1. The average molecular weight is 220 g/mol. The van der Waals surface area contributed by atoms with Crippen LogP contribution in [0.2, 0.25) is 0 Å². The van der Waals surface area contributed by atoms with E-state index in [1.54, 1.807) is 19.4 Å². The second-order valence-corrected chi connectivity index (χ2v) is 4.13. The van der Waals surface area contributed by atoms with Gasteiger partial charge >= 0.3 is 0 Å². The fourth-order valence-corrected chi connectivity index (χ4v) is 0.775. The Balaban J connectivity index is 5.14. The van der Waals surface area contributed by atoms with Crippen LogP contribution < -0.4 is 0 Å². The van der Waals surface area contributed by atoms with Crippen LogP contribution in [0.1, 0.15) is 34.6 Å². The summed E-state index contributed by atoms with van der Waals surface area (Å²) in [5.41, 5.74) is 1.39. The second-order valence-electron chi connectivity index (χ2n) is 4.13. The van der Waals surface area contributed by atoms with Crippen molar-refractivity contribution >= 4 is 18.2 Å². The van der Waals surface area contributed by atoms with Crippen molar-refractivity contribution in [2.75, 3.05) is 0 Å². The van der Waals surface area contributed by atoms with Crippen molar-refractivity contribution in [2.24, 2.45) is 15.9 Å². The molecule has 0 saturated carbocycles. The van der Waals surface area contributed by atoms with Gasteiger partial charge in [0.1, 0.15) is 0 Å². The van der Waals surface area contributed by atoms with E-state index in [1.165, 1.54) is 6.92 Å². The average Bonchev–Trinajstić information content (AvgIpc) is 2.16. The third-order valence-corrected chi connectivity index (χ3v) is 1.77.